The molecule has 1 saturated heterocycles. The van der Waals surface area contributed by atoms with Crippen molar-refractivity contribution in [2.45, 2.75) is 38.6 Å². The second-order valence-electron chi connectivity index (χ2n) is 4.78. The molecule has 2 N–H and O–H groups in total. The molecule has 1 aliphatic heterocycles. The summed E-state index contributed by atoms with van der Waals surface area (Å²) in [7, 11) is 0. The third-order valence-electron chi connectivity index (χ3n) is 3.50. The van der Waals surface area contributed by atoms with Crippen LogP contribution < -0.4 is 10.6 Å². The summed E-state index contributed by atoms with van der Waals surface area (Å²) < 4.78 is 0. The van der Waals surface area contributed by atoms with Gasteiger partial charge < -0.3 is 10.6 Å². The second kappa shape index (κ2) is 5.09. The highest BCUT2D eigenvalue weighted by atomic mass is 15.2. The molecule has 2 rings (SSSR count). The molecule has 1 fully saturated rings. The van der Waals surface area contributed by atoms with Crippen molar-refractivity contribution < 1.29 is 0 Å². The lowest BCUT2D eigenvalue weighted by molar-refractivity contribution is 0.616. The van der Waals surface area contributed by atoms with Gasteiger partial charge in [-0.3, -0.25) is 0 Å². The Morgan fingerprint density at radius 1 is 1.35 bits per heavy atom. The Hall–Kier alpha value is -1.69. The van der Waals surface area contributed by atoms with E-state index in [-0.39, 0.29) is 0 Å². The highest BCUT2D eigenvalue weighted by Gasteiger charge is 2.19. The summed E-state index contributed by atoms with van der Waals surface area (Å²) in [5, 5.41) is 9.20. The molecule has 1 aliphatic rings. The normalized spacial score (nSPS) is 20.7. The van der Waals surface area contributed by atoms with Crippen LogP contribution in [0.3, 0.4) is 0 Å². The lowest BCUT2D eigenvalue weighted by Crippen LogP contribution is -2.33. The number of hydrogen-bond donors (Lipinski definition) is 1. The maximum atomic E-state index is 9.20. The van der Waals surface area contributed by atoms with E-state index < -0.39 is 0 Å². The topological polar surface area (TPSA) is 53.0 Å². The van der Waals surface area contributed by atoms with Crippen LogP contribution in [-0.4, -0.2) is 12.6 Å². The van der Waals surface area contributed by atoms with Crippen molar-refractivity contribution in [2.75, 3.05) is 17.2 Å². The molecule has 0 bridgehead atoms. The number of nitrogens with zero attached hydrogens (tertiary/aromatic N) is 2. The van der Waals surface area contributed by atoms with Crippen molar-refractivity contribution in [3.8, 4) is 6.07 Å². The van der Waals surface area contributed by atoms with E-state index in [4.69, 9.17) is 5.73 Å². The number of benzene rings is 1. The van der Waals surface area contributed by atoms with Gasteiger partial charge >= 0.3 is 0 Å². The predicted molar refractivity (Wildman–Crippen MR) is 70.8 cm³/mol. The minimum absolute atomic E-state index is 0.508. The van der Waals surface area contributed by atoms with E-state index in [2.05, 4.69) is 17.9 Å². The van der Waals surface area contributed by atoms with Crippen molar-refractivity contribution in [1.29, 1.82) is 5.26 Å². The van der Waals surface area contributed by atoms with Crippen molar-refractivity contribution in [3.05, 3.63) is 23.8 Å². The van der Waals surface area contributed by atoms with Crippen LogP contribution in [-0.2, 0) is 0 Å². The third kappa shape index (κ3) is 2.52. The number of nitrogen functional groups attached to an aromatic ring is 1. The van der Waals surface area contributed by atoms with Gasteiger partial charge in [0.25, 0.3) is 0 Å². The molecule has 1 atom stereocenters. The van der Waals surface area contributed by atoms with Gasteiger partial charge in [0.05, 0.1) is 11.3 Å². The van der Waals surface area contributed by atoms with Gasteiger partial charge in [-0.15, -0.1) is 0 Å². The molecule has 0 radical (unpaired) electrons. The predicted octanol–water partition coefficient (Wildman–Crippen LogP) is 2.91. The Kier molecular flexibility index (Phi) is 3.53. The van der Waals surface area contributed by atoms with Crippen LogP contribution in [0.15, 0.2) is 18.2 Å². The van der Waals surface area contributed by atoms with Gasteiger partial charge in [0.2, 0.25) is 0 Å². The molecule has 0 aromatic heterocycles. The average molecular weight is 229 g/mol. The average Bonchev–Trinajstić information content (AvgIpc) is 2.54. The summed E-state index contributed by atoms with van der Waals surface area (Å²) in [5.74, 6) is 0. The van der Waals surface area contributed by atoms with Crippen LogP contribution in [0, 0.1) is 11.3 Å². The molecule has 0 amide bonds. The zero-order valence-electron chi connectivity index (χ0n) is 10.3. The van der Waals surface area contributed by atoms with Gasteiger partial charge in [0, 0.05) is 18.3 Å². The van der Waals surface area contributed by atoms with Gasteiger partial charge in [-0.05, 0) is 38.0 Å². The molecule has 90 valence electrons. The summed E-state index contributed by atoms with van der Waals surface area (Å²) in [6, 6.07) is 8.40. The van der Waals surface area contributed by atoms with Crippen LogP contribution in [0.25, 0.3) is 0 Å². The van der Waals surface area contributed by atoms with E-state index >= 15 is 0 Å². The van der Waals surface area contributed by atoms with Crippen molar-refractivity contribution in [3.63, 3.8) is 0 Å². The van der Waals surface area contributed by atoms with E-state index in [1.54, 1.807) is 6.07 Å². The molecule has 1 aromatic carbocycles. The fraction of sp³-hybridized carbons (Fsp3) is 0.500. The number of nitriles is 1. The number of anilines is 2. The van der Waals surface area contributed by atoms with Gasteiger partial charge in [0.15, 0.2) is 0 Å². The zero-order chi connectivity index (χ0) is 12.3. The van der Waals surface area contributed by atoms with Crippen molar-refractivity contribution in [2.24, 2.45) is 0 Å². The fourth-order valence-electron chi connectivity index (χ4n) is 2.53. The van der Waals surface area contributed by atoms with Crippen molar-refractivity contribution >= 4 is 11.4 Å². The van der Waals surface area contributed by atoms with Crippen LogP contribution in [0.5, 0.6) is 0 Å². The summed E-state index contributed by atoms with van der Waals surface area (Å²) in [6.07, 6.45) is 4.99. The quantitative estimate of drug-likeness (QED) is 0.753. The monoisotopic (exact) mass is 229 g/mol. The van der Waals surface area contributed by atoms with E-state index in [9.17, 15) is 5.26 Å². The molecule has 0 saturated carbocycles. The Morgan fingerprint density at radius 2 is 2.18 bits per heavy atom. The first-order valence-corrected chi connectivity index (χ1v) is 6.28. The highest BCUT2D eigenvalue weighted by Crippen LogP contribution is 2.28. The number of hydrogen-bond acceptors (Lipinski definition) is 3. The minimum atomic E-state index is 0.508. The van der Waals surface area contributed by atoms with Gasteiger partial charge in [-0.2, -0.15) is 5.26 Å². The van der Waals surface area contributed by atoms with Gasteiger partial charge in [-0.25, -0.2) is 0 Å². The molecule has 0 spiro atoms. The molecule has 3 heteroatoms. The third-order valence-corrected chi connectivity index (χ3v) is 3.50. The summed E-state index contributed by atoms with van der Waals surface area (Å²) in [6.45, 7) is 3.28. The number of nitrogens with two attached hydrogens (primary N) is 1. The Balaban J connectivity index is 2.34. The Morgan fingerprint density at radius 3 is 2.94 bits per heavy atom. The van der Waals surface area contributed by atoms with E-state index in [0.29, 0.717) is 17.3 Å². The maximum Gasteiger partial charge on any atom is 0.101 e. The zero-order valence-corrected chi connectivity index (χ0v) is 10.3. The van der Waals surface area contributed by atoms with Crippen molar-refractivity contribution in [1.82, 2.24) is 0 Å². The Bertz CT molecular complexity index is 434. The van der Waals surface area contributed by atoms with E-state index in [1.165, 1.54) is 25.7 Å². The maximum absolute atomic E-state index is 9.20. The molecule has 17 heavy (non-hydrogen) atoms. The smallest absolute Gasteiger partial charge is 0.101 e. The van der Waals surface area contributed by atoms with E-state index in [0.717, 1.165) is 12.2 Å². The number of rotatable bonds is 1. The van der Waals surface area contributed by atoms with Crippen LogP contribution in [0.4, 0.5) is 11.4 Å². The molecule has 1 aromatic rings. The standard InChI is InChI=1S/C14H19N3/c1-11-5-3-2-4-8-17(11)14-7-6-13(16)9-12(14)10-15/h6-7,9,11H,2-5,8,16H2,1H3. The highest BCUT2D eigenvalue weighted by molar-refractivity contribution is 5.64. The fourth-order valence-corrected chi connectivity index (χ4v) is 2.53. The largest absolute Gasteiger partial charge is 0.399 e. The molecule has 3 nitrogen and oxygen atoms in total. The van der Waals surface area contributed by atoms with Crippen LogP contribution in [0.2, 0.25) is 0 Å². The first-order chi connectivity index (χ1) is 8.22. The Labute approximate surface area is 103 Å². The van der Waals surface area contributed by atoms with Gasteiger partial charge in [-0.1, -0.05) is 12.8 Å². The second-order valence-corrected chi connectivity index (χ2v) is 4.78. The van der Waals surface area contributed by atoms with Gasteiger partial charge in [0.1, 0.15) is 6.07 Å². The van der Waals surface area contributed by atoms with Crippen LogP contribution in [0.1, 0.15) is 38.2 Å². The first kappa shape index (κ1) is 11.8. The molecular formula is C14H19N3. The lowest BCUT2D eigenvalue weighted by atomic mass is 10.1. The van der Waals surface area contributed by atoms with Crippen LogP contribution >= 0.6 is 0 Å². The molecular weight excluding hydrogens is 210 g/mol. The SMILES string of the molecule is CC1CCCCCN1c1ccc(N)cc1C#N. The molecule has 1 unspecified atom stereocenters. The lowest BCUT2D eigenvalue weighted by Gasteiger charge is -2.30. The molecule has 1 heterocycles. The summed E-state index contributed by atoms with van der Waals surface area (Å²) in [5.41, 5.74) is 8.12. The summed E-state index contributed by atoms with van der Waals surface area (Å²) in [4.78, 5) is 2.35. The minimum Gasteiger partial charge on any atom is -0.399 e. The first-order valence-electron chi connectivity index (χ1n) is 6.28. The molecule has 0 aliphatic carbocycles. The summed E-state index contributed by atoms with van der Waals surface area (Å²) >= 11 is 0. The van der Waals surface area contributed by atoms with E-state index in [1.807, 2.05) is 12.1 Å².